The van der Waals surface area contributed by atoms with Gasteiger partial charge in [0.25, 0.3) is 0 Å². The van der Waals surface area contributed by atoms with E-state index >= 15 is 0 Å². The van der Waals surface area contributed by atoms with Crippen molar-refractivity contribution in [3.8, 4) is 0 Å². The molecule has 0 heteroatoms. The van der Waals surface area contributed by atoms with Gasteiger partial charge in [0.2, 0.25) is 0 Å². The molecule has 3 aliphatic rings. The SMILES string of the molecule is CC1(C2CCCCC2)CC2C=CC21. The summed E-state index contributed by atoms with van der Waals surface area (Å²) in [7, 11) is 0. The van der Waals surface area contributed by atoms with Crippen LogP contribution in [-0.4, -0.2) is 0 Å². The molecule has 3 unspecified atom stereocenters. The van der Waals surface area contributed by atoms with E-state index in [1.807, 2.05) is 0 Å². The summed E-state index contributed by atoms with van der Waals surface area (Å²) in [5.74, 6) is 3.04. The fourth-order valence-corrected chi connectivity index (χ4v) is 3.97. The minimum atomic E-state index is 0.722. The summed E-state index contributed by atoms with van der Waals surface area (Å²) in [6, 6.07) is 0. The van der Waals surface area contributed by atoms with Crippen molar-refractivity contribution in [2.75, 3.05) is 0 Å². The molecule has 3 rings (SSSR count). The van der Waals surface area contributed by atoms with Crippen LogP contribution in [0.2, 0.25) is 0 Å². The van der Waals surface area contributed by atoms with Gasteiger partial charge in [0.15, 0.2) is 0 Å². The first-order valence-corrected chi connectivity index (χ1v) is 5.99. The zero-order valence-electron chi connectivity index (χ0n) is 8.63. The van der Waals surface area contributed by atoms with Crippen LogP contribution in [0, 0.1) is 23.2 Å². The molecule has 0 amide bonds. The van der Waals surface area contributed by atoms with E-state index in [0.29, 0.717) is 0 Å². The molecular formula is C13H20. The number of fused-ring (bicyclic) bond motifs is 1. The Morgan fingerprint density at radius 3 is 2.31 bits per heavy atom. The Balaban J connectivity index is 1.73. The summed E-state index contributed by atoms with van der Waals surface area (Å²) in [5.41, 5.74) is 0.722. The van der Waals surface area contributed by atoms with Gasteiger partial charge >= 0.3 is 0 Å². The van der Waals surface area contributed by atoms with E-state index in [4.69, 9.17) is 0 Å². The summed E-state index contributed by atoms with van der Waals surface area (Å²) in [5, 5.41) is 0. The zero-order valence-corrected chi connectivity index (χ0v) is 8.63. The first-order chi connectivity index (χ1) is 6.31. The molecule has 13 heavy (non-hydrogen) atoms. The van der Waals surface area contributed by atoms with E-state index < -0.39 is 0 Å². The van der Waals surface area contributed by atoms with Gasteiger partial charge in [-0.1, -0.05) is 38.3 Å². The van der Waals surface area contributed by atoms with Crippen molar-refractivity contribution >= 4 is 0 Å². The van der Waals surface area contributed by atoms with Crippen molar-refractivity contribution in [2.24, 2.45) is 23.2 Å². The Morgan fingerprint density at radius 2 is 1.85 bits per heavy atom. The Bertz CT molecular complexity index is 234. The molecule has 0 aromatic heterocycles. The Kier molecular flexibility index (Phi) is 1.63. The monoisotopic (exact) mass is 176 g/mol. The lowest BCUT2D eigenvalue weighted by Gasteiger charge is -2.60. The van der Waals surface area contributed by atoms with Gasteiger partial charge in [-0.2, -0.15) is 0 Å². The van der Waals surface area contributed by atoms with Gasteiger partial charge in [0.05, 0.1) is 0 Å². The number of allylic oxidation sites excluding steroid dienone is 2. The van der Waals surface area contributed by atoms with Crippen LogP contribution in [0.5, 0.6) is 0 Å². The van der Waals surface area contributed by atoms with Crippen molar-refractivity contribution in [3.05, 3.63) is 12.2 Å². The molecule has 0 aliphatic heterocycles. The lowest BCUT2D eigenvalue weighted by Crippen LogP contribution is -2.52. The molecule has 0 saturated heterocycles. The van der Waals surface area contributed by atoms with E-state index in [1.165, 1.54) is 38.5 Å². The van der Waals surface area contributed by atoms with Crippen LogP contribution in [-0.2, 0) is 0 Å². The largest absolute Gasteiger partial charge is 0.0845 e. The molecule has 2 fully saturated rings. The summed E-state index contributed by atoms with van der Waals surface area (Å²) in [6.07, 6.45) is 13.9. The fourth-order valence-electron chi connectivity index (χ4n) is 3.97. The summed E-state index contributed by atoms with van der Waals surface area (Å²) in [6.45, 7) is 2.55. The number of hydrogen-bond donors (Lipinski definition) is 0. The molecule has 0 aromatic carbocycles. The predicted octanol–water partition coefficient (Wildman–Crippen LogP) is 3.78. The van der Waals surface area contributed by atoms with E-state index in [1.54, 1.807) is 0 Å². The Hall–Kier alpha value is -0.260. The fraction of sp³-hybridized carbons (Fsp3) is 0.846. The second-order valence-electron chi connectivity index (χ2n) is 5.62. The van der Waals surface area contributed by atoms with Gasteiger partial charge < -0.3 is 0 Å². The lowest BCUT2D eigenvalue weighted by atomic mass is 9.44. The predicted molar refractivity (Wildman–Crippen MR) is 55.4 cm³/mol. The van der Waals surface area contributed by atoms with Crippen molar-refractivity contribution in [1.82, 2.24) is 0 Å². The minimum absolute atomic E-state index is 0.722. The summed E-state index contributed by atoms with van der Waals surface area (Å²) in [4.78, 5) is 0. The molecule has 0 bridgehead atoms. The highest BCUT2D eigenvalue weighted by Crippen LogP contribution is 2.63. The highest BCUT2D eigenvalue weighted by atomic mass is 14.6. The maximum atomic E-state index is 2.55. The highest BCUT2D eigenvalue weighted by Gasteiger charge is 2.55. The molecule has 3 aliphatic carbocycles. The van der Waals surface area contributed by atoms with Crippen LogP contribution >= 0.6 is 0 Å². The third-order valence-corrected chi connectivity index (χ3v) is 5.00. The van der Waals surface area contributed by atoms with E-state index in [9.17, 15) is 0 Å². The first-order valence-electron chi connectivity index (χ1n) is 5.99. The van der Waals surface area contributed by atoms with Crippen LogP contribution in [0.4, 0.5) is 0 Å². The smallest absolute Gasteiger partial charge is 0.0113 e. The van der Waals surface area contributed by atoms with Gasteiger partial charge in [-0.25, -0.2) is 0 Å². The molecule has 2 saturated carbocycles. The molecule has 0 radical (unpaired) electrons. The average Bonchev–Trinajstić information content (AvgIpc) is 2.15. The quantitative estimate of drug-likeness (QED) is 0.533. The van der Waals surface area contributed by atoms with Crippen molar-refractivity contribution in [2.45, 2.75) is 45.4 Å². The third kappa shape index (κ3) is 0.978. The zero-order chi connectivity index (χ0) is 8.89. The lowest BCUT2D eigenvalue weighted by molar-refractivity contribution is -0.0562. The molecule has 0 aromatic rings. The molecule has 0 N–H and O–H groups in total. The van der Waals surface area contributed by atoms with Crippen LogP contribution in [0.15, 0.2) is 12.2 Å². The summed E-state index contributed by atoms with van der Waals surface area (Å²) < 4.78 is 0. The van der Waals surface area contributed by atoms with Gasteiger partial charge in [-0.3, -0.25) is 0 Å². The normalized spacial score (nSPS) is 49.3. The maximum absolute atomic E-state index is 2.55. The second kappa shape index (κ2) is 2.62. The standard InChI is InChI=1S/C13H20/c1-13(9-10-7-8-12(10)13)11-5-3-2-4-6-11/h7-8,10-12H,2-6,9H2,1H3. The number of rotatable bonds is 1. The minimum Gasteiger partial charge on any atom is -0.0845 e. The van der Waals surface area contributed by atoms with Crippen molar-refractivity contribution in [3.63, 3.8) is 0 Å². The van der Waals surface area contributed by atoms with Crippen LogP contribution < -0.4 is 0 Å². The first kappa shape index (κ1) is 8.08. The van der Waals surface area contributed by atoms with E-state index in [-0.39, 0.29) is 0 Å². The molecular weight excluding hydrogens is 156 g/mol. The summed E-state index contributed by atoms with van der Waals surface area (Å²) >= 11 is 0. The van der Waals surface area contributed by atoms with Gasteiger partial charge in [-0.05, 0) is 42.4 Å². The van der Waals surface area contributed by atoms with E-state index in [0.717, 1.165) is 23.2 Å². The molecule has 72 valence electrons. The average molecular weight is 176 g/mol. The number of hydrogen-bond acceptors (Lipinski definition) is 0. The van der Waals surface area contributed by atoms with Crippen LogP contribution in [0.3, 0.4) is 0 Å². The Morgan fingerprint density at radius 1 is 1.08 bits per heavy atom. The molecule has 0 spiro atoms. The van der Waals surface area contributed by atoms with Crippen molar-refractivity contribution in [1.29, 1.82) is 0 Å². The third-order valence-electron chi connectivity index (χ3n) is 5.00. The highest BCUT2D eigenvalue weighted by molar-refractivity contribution is 5.23. The van der Waals surface area contributed by atoms with Crippen LogP contribution in [0.1, 0.15) is 45.4 Å². The van der Waals surface area contributed by atoms with Gasteiger partial charge in [-0.15, -0.1) is 0 Å². The van der Waals surface area contributed by atoms with Crippen molar-refractivity contribution < 1.29 is 0 Å². The van der Waals surface area contributed by atoms with E-state index in [2.05, 4.69) is 19.1 Å². The topological polar surface area (TPSA) is 0 Å². The Labute approximate surface area is 81.4 Å². The molecule has 3 atom stereocenters. The molecule has 0 heterocycles. The maximum Gasteiger partial charge on any atom is -0.0113 e. The van der Waals surface area contributed by atoms with Gasteiger partial charge in [0, 0.05) is 0 Å². The molecule has 0 nitrogen and oxygen atoms in total. The van der Waals surface area contributed by atoms with Crippen LogP contribution in [0.25, 0.3) is 0 Å². The van der Waals surface area contributed by atoms with Gasteiger partial charge in [0.1, 0.15) is 0 Å². The second-order valence-corrected chi connectivity index (χ2v) is 5.62.